The molecule has 0 unspecified atom stereocenters. The lowest BCUT2D eigenvalue weighted by atomic mass is 10.2. The van der Waals surface area contributed by atoms with Crippen molar-refractivity contribution >= 4 is 36.2 Å². The van der Waals surface area contributed by atoms with Crippen molar-refractivity contribution in [2.75, 3.05) is 17.2 Å². The largest absolute Gasteiger partial charge is 0.381 e. The van der Waals surface area contributed by atoms with Crippen molar-refractivity contribution in [3.8, 4) is 0 Å². The van der Waals surface area contributed by atoms with E-state index < -0.39 is 0 Å². The van der Waals surface area contributed by atoms with Crippen LogP contribution in [0.3, 0.4) is 0 Å². The fraction of sp³-hybridized carbons (Fsp3) is 0.333. The Hall–Kier alpha value is -0.600. The van der Waals surface area contributed by atoms with Crippen molar-refractivity contribution in [3.05, 3.63) is 24.3 Å². The Morgan fingerprint density at radius 2 is 1.77 bits per heavy atom. The van der Waals surface area contributed by atoms with Crippen molar-refractivity contribution in [1.82, 2.24) is 0 Å². The van der Waals surface area contributed by atoms with Gasteiger partial charge in [0.15, 0.2) is 0 Å². The molecule has 1 aromatic rings. The van der Waals surface area contributed by atoms with E-state index in [2.05, 4.69) is 29.7 Å². The summed E-state index contributed by atoms with van der Waals surface area (Å²) in [5.41, 5.74) is 2.43. The highest BCUT2D eigenvalue weighted by atomic mass is 35.5. The molecule has 0 aromatic heterocycles. The molecule has 0 saturated carbocycles. The fourth-order valence-electron chi connectivity index (χ4n) is 1.34. The molecule has 4 heteroatoms. The van der Waals surface area contributed by atoms with Crippen LogP contribution in [0.5, 0.6) is 0 Å². The van der Waals surface area contributed by atoms with E-state index in [1.807, 2.05) is 12.1 Å². The van der Waals surface area contributed by atoms with Crippen LogP contribution in [0.1, 0.15) is 6.92 Å². The van der Waals surface area contributed by atoms with Gasteiger partial charge in [0.25, 0.3) is 0 Å². The molecule has 13 heavy (non-hydrogen) atoms. The predicted molar refractivity (Wildman–Crippen MR) is 62.5 cm³/mol. The number of anilines is 2. The first kappa shape index (κ1) is 12.4. The van der Waals surface area contributed by atoms with E-state index in [0.717, 1.165) is 6.54 Å². The van der Waals surface area contributed by atoms with Crippen molar-refractivity contribution in [2.45, 2.75) is 13.0 Å². The summed E-state index contributed by atoms with van der Waals surface area (Å²) in [5, 5.41) is 6.75. The molecule has 1 aliphatic heterocycles. The third kappa shape index (κ3) is 2.68. The zero-order valence-electron chi connectivity index (χ0n) is 7.41. The second-order valence-electron chi connectivity index (χ2n) is 2.97. The number of rotatable bonds is 0. The molecule has 0 fully saturated rings. The predicted octanol–water partition coefficient (Wildman–Crippen LogP) is 2.76. The van der Waals surface area contributed by atoms with E-state index in [4.69, 9.17) is 0 Å². The molecule has 0 saturated heterocycles. The Balaban J connectivity index is 0.000000720. The number of halogens is 2. The molecule has 2 nitrogen and oxygen atoms in total. The SMILES string of the molecule is C[C@@H]1CNc2ccccc2N1.Cl.Cl. The van der Waals surface area contributed by atoms with Gasteiger partial charge in [-0.2, -0.15) is 0 Å². The highest BCUT2D eigenvalue weighted by Crippen LogP contribution is 2.24. The van der Waals surface area contributed by atoms with Crippen LogP contribution in [-0.2, 0) is 0 Å². The molecule has 1 heterocycles. The Labute approximate surface area is 90.9 Å². The second kappa shape index (κ2) is 5.20. The van der Waals surface area contributed by atoms with Crippen LogP contribution in [-0.4, -0.2) is 12.6 Å². The summed E-state index contributed by atoms with van der Waals surface area (Å²) in [4.78, 5) is 0. The second-order valence-corrected chi connectivity index (χ2v) is 2.97. The van der Waals surface area contributed by atoms with Crippen molar-refractivity contribution in [2.24, 2.45) is 0 Å². The standard InChI is InChI=1S/C9H12N2.2ClH/c1-7-6-10-8-4-2-3-5-9(8)11-7;;/h2-5,7,10-11H,6H2,1H3;2*1H/t7-;;/m1../s1. The lowest BCUT2D eigenvalue weighted by Crippen LogP contribution is -2.29. The highest BCUT2D eigenvalue weighted by molar-refractivity contribution is 5.85. The zero-order chi connectivity index (χ0) is 7.68. The smallest absolute Gasteiger partial charge is 0.0578 e. The summed E-state index contributed by atoms with van der Waals surface area (Å²) >= 11 is 0. The van der Waals surface area contributed by atoms with Crippen LogP contribution >= 0.6 is 24.8 Å². The molecule has 1 aromatic carbocycles. The van der Waals surface area contributed by atoms with Crippen LogP contribution in [0.25, 0.3) is 0 Å². The van der Waals surface area contributed by atoms with Gasteiger partial charge in [-0.25, -0.2) is 0 Å². The van der Waals surface area contributed by atoms with Gasteiger partial charge in [-0.15, -0.1) is 24.8 Å². The number of benzene rings is 1. The summed E-state index contributed by atoms with van der Waals surface area (Å²) in [6, 6.07) is 8.81. The summed E-state index contributed by atoms with van der Waals surface area (Å²) in [6.07, 6.45) is 0. The first-order valence-electron chi connectivity index (χ1n) is 3.96. The van der Waals surface area contributed by atoms with Gasteiger partial charge >= 0.3 is 0 Å². The monoisotopic (exact) mass is 220 g/mol. The average molecular weight is 221 g/mol. The Kier molecular flexibility index (Phi) is 4.96. The van der Waals surface area contributed by atoms with Crippen LogP contribution in [0.2, 0.25) is 0 Å². The Morgan fingerprint density at radius 3 is 2.46 bits per heavy atom. The van der Waals surface area contributed by atoms with Crippen LogP contribution in [0, 0.1) is 0 Å². The normalized spacial score (nSPS) is 18.1. The molecule has 1 atom stereocenters. The van der Waals surface area contributed by atoms with Gasteiger partial charge in [-0.1, -0.05) is 12.1 Å². The lowest BCUT2D eigenvalue weighted by Gasteiger charge is -2.25. The van der Waals surface area contributed by atoms with Gasteiger partial charge in [-0.05, 0) is 19.1 Å². The first-order valence-corrected chi connectivity index (χ1v) is 3.96. The van der Waals surface area contributed by atoms with Gasteiger partial charge in [0.05, 0.1) is 11.4 Å². The quantitative estimate of drug-likeness (QED) is 0.703. The number of para-hydroxylation sites is 2. The molecule has 0 spiro atoms. The number of hydrogen-bond donors (Lipinski definition) is 2. The maximum atomic E-state index is 3.40. The molecule has 2 rings (SSSR count). The van der Waals surface area contributed by atoms with Crippen molar-refractivity contribution < 1.29 is 0 Å². The van der Waals surface area contributed by atoms with E-state index in [9.17, 15) is 0 Å². The molecule has 0 amide bonds. The fourth-order valence-corrected chi connectivity index (χ4v) is 1.34. The molecule has 0 bridgehead atoms. The summed E-state index contributed by atoms with van der Waals surface area (Å²) in [5.74, 6) is 0. The third-order valence-electron chi connectivity index (χ3n) is 1.93. The third-order valence-corrected chi connectivity index (χ3v) is 1.93. The Bertz CT molecular complexity index is 266. The van der Waals surface area contributed by atoms with Gasteiger partial charge in [-0.3, -0.25) is 0 Å². The zero-order valence-corrected chi connectivity index (χ0v) is 9.04. The molecule has 74 valence electrons. The minimum atomic E-state index is 0. The van der Waals surface area contributed by atoms with E-state index in [-0.39, 0.29) is 24.8 Å². The van der Waals surface area contributed by atoms with Gasteiger partial charge in [0.1, 0.15) is 0 Å². The topological polar surface area (TPSA) is 24.1 Å². The molecule has 1 aliphatic rings. The molecular formula is C9H14Cl2N2. The first-order chi connectivity index (χ1) is 5.36. The van der Waals surface area contributed by atoms with E-state index in [1.54, 1.807) is 0 Å². The van der Waals surface area contributed by atoms with Gasteiger partial charge in [0.2, 0.25) is 0 Å². The maximum absolute atomic E-state index is 3.40. The van der Waals surface area contributed by atoms with Crippen LogP contribution in [0.15, 0.2) is 24.3 Å². The van der Waals surface area contributed by atoms with Crippen LogP contribution < -0.4 is 10.6 Å². The molecule has 0 radical (unpaired) electrons. The minimum Gasteiger partial charge on any atom is -0.381 e. The summed E-state index contributed by atoms with van der Waals surface area (Å²) in [6.45, 7) is 3.18. The van der Waals surface area contributed by atoms with E-state index >= 15 is 0 Å². The molecule has 2 N–H and O–H groups in total. The molecule has 0 aliphatic carbocycles. The van der Waals surface area contributed by atoms with Crippen molar-refractivity contribution in [3.63, 3.8) is 0 Å². The highest BCUT2D eigenvalue weighted by Gasteiger charge is 2.10. The van der Waals surface area contributed by atoms with Crippen LogP contribution in [0.4, 0.5) is 11.4 Å². The minimum absolute atomic E-state index is 0. The molecular weight excluding hydrogens is 207 g/mol. The maximum Gasteiger partial charge on any atom is 0.0578 e. The number of fused-ring (bicyclic) bond motifs is 1. The average Bonchev–Trinajstić information content (AvgIpc) is 2.04. The summed E-state index contributed by atoms with van der Waals surface area (Å²) in [7, 11) is 0. The number of nitrogens with one attached hydrogen (secondary N) is 2. The van der Waals surface area contributed by atoms with Gasteiger partial charge in [0, 0.05) is 12.6 Å². The van der Waals surface area contributed by atoms with E-state index in [0.29, 0.717) is 6.04 Å². The van der Waals surface area contributed by atoms with Gasteiger partial charge < -0.3 is 10.6 Å². The Morgan fingerprint density at radius 1 is 1.15 bits per heavy atom. The number of hydrogen-bond acceptors (Lipinski definition) is 2. The summed E-state index contributed by atoms with van der Waals surface area (Å²) < 4.78 is 0. The lowest BCUT2D eigenvalue weighted by molar-refractivity contribution is 0.818. The van der Waals surface area contributed by atoms with Crippen molar-refractivity contribution in [1.29, 1.82) is 0 Å². The van der Waals surface area contributed by atoms with E-state index in [1.165, 1.54) is 11.4 Å².